The number of halogens is 2. The second kappa shape index (κ2) is 6.01. The highest BCUT2D eigenvalue weighted by Crippen LogP contribution is 1.85. The summed E-state index contributed by atoms with van der Waals surface area (Å²) in [4.78, 5) is 10.5. The van der Waals surface area contributed by atoms with Crippen molar-refractivity contribution in [3.63, 3.8) is 0 Å². The summed E-state index contributed by atoms with van der Waals surface area (Å²) < 4.78 is 11.4. The summed E-state index contributed by atoms with van der Waals surface area (Å²) in [6.07, 6.45) is 0.417. The number of carbonyl (C=O) groups is 1. The number of nitrogens with one attached hydrogen (secondary N) is 1. The minimum atomic E-state index is -0.492. The number of amides is 1. The Morgan fingerprint density at radius 1 is 1.67 bits per heavy atom. The van der Waals surface area contributed by atoms with Crippen LogP contribution in [0.5, 0.6) is 0 Å². The van der Waals surface area contributed by atoms with Crippen molar-refractivity contribution >= 4 is 21.8 Å². The normalized spacial score (nSPS) is 9.11. The van der Waals surface area contributed by atoms with Crippen molar-refractivity contribution in [1.29, 1.82) is 0 Å². The van der Waals surface area contributed by atoms with Crippen molar-refractivity contribution in [2.24, 2.45) is 0 Å². The van der Waals surface area contributed by atoms with E-state index in [2.05, 4.69) is 21.2 Å². The molecule has 0 atom stereocenters. The standard InChI is InChI=1S/C5H9BrFNO/c6-2-1-5(9)8-4-3-7/h1-4H2,(H,8,9). The monoisotopic (exact) mass is 197 g/mol. The van der Waals surface area contributed by atoms with Crippen molar-refractivity contribution in [2.45, 2.75) is 6.42 Å². The maximum atomic E-state index is 11.4. The number of hydrogen-bond donors (Lipinski definition) is 1. The highest BCUT2D eigenvalue weighted by Gasteiger charge is 1.95. The van der Waals surface area contributed by atoms with Gasteiger partial charge in [-0.05, 0) is 0 Å². The average Bonchev–Trinajstić information content (AvgIpc) is 1.85. The van der Waals surface area contributed by atoms with Crippen LogP contribution in [0.25, 0.3) is 0 Å². The van der Waals surface area contributed by atoms with Gasteiger partial charge in [0, 0.05) is 18.3 Å². The molecule has 0 heterocycles. The molecule has 54 valence electrons. The molecule has 0 aromatic rings. The first-order chi connectivity index (χ1) is 4.31. The molecule has 2 nitrogen and oxygen atoms in total. The zero-order valence-electron chi connectivity index (χ0n) is 4.99. The molecule has 0 unspecified atom stereocenters. The van der Waals surface area contributed by atoms with Gasteiger partial charge in [-0.2, -0.15) is 0 Å². The summed E-state index contributed by atoms with van der Waals surface area (Å²) in [5.74, 6) is -0.107. The average molecular weight is 198 g/mol. The Morgan fingerprint density at radius 3 is 2.78 bits per heavy atom. The molecule has 0 aliphatic carbocycles. The van der Waals surface area contributed by atoms with Crippen LogP contribution >= 0.6 is 15.9 Å². The van der Waals surface area contributed by atoms with E-state index in [0.29, 0.717) is 11.8 Å². The Labute approximate surface area is 61.9 Å². The van der Waals surface area contributed by atoms with Gasteiger partial charge in [0.1, 0.15) is 6.67 Å². The van der Waals surface area contributed by atoms with Gasteiger partial charge in [0.05, 0.1) is 0 Å². The van der Waals surface area contributed by atoms with Crippen LogP contribution in [0.15, 0.2) is 0 Å². The third-order valence-corrected chi connectivity index (χ3v) is 1.13. The minimum absolute atomic E-state index is 0.107. The van der Waals surface area contributed by atoms with Crippen molar-refractivity contribution in [3.05, 3.63) is 0 Å². The fraction of sp³-hybridized carbons (Fsp3) is 0.800. The van der Waals surface area contributed by atoms with Crippen LogP contribution in [0.1, 0.15) is 6.42 Å². The molecule has 0 bridgehead atoms. The molecule has 0 fully saturated rings. The summed E-state index contributed by atoms with van der Waals surface area (Å²) in [6.45, 7) is -0.361. The van der Waals surface area contributed by atoms with Crippen LogP contribution in [-0.4, -0.2) is 24.5 Å². The summed E-state index contributed by atoms with van der Waals surface area (Å²) in [7, 11) is 0. The maximum absolute atomic E-state index is 11.4. The SMILES string of the molecule is O=C(CCBr)NCCF. The number of hydrogen-bond acceptors (Lipinski definition) is 1. The summed E-state index contributed by atoms with van der Waals surface area (Å²) in [5, 5.41) is 3.02. The highest BCUT2D eigenvalue weighted by atomic mass is 79.9. The third kappa shape index (κ3) is 5.76. The first-order valence-electron chi connectivity index (χ1n) is 2.70. The van der Waals surface area contributed by atoms with Gasteiger partial charge in [-0.15, -0.1) is 0 Å². The van der Waals surface area contributed by atoms with E-state index in [1.165, 1.54) is 0 Å². The van der Waals surface area contributed by atoms with E-state index in [0.717, 1.165) is 0 Å². The number of rotatable bonds is 4. The Hall–Kier alpha value is -0.120. The Bertz CT molecular complexity index is 89.0. The fourth-order valence-corrected chi connectivity index (χ4v) is 0.721. The van der Waals surface area contributed by atoms with E-state index in [-0.39, 0.29) is 12.5 Å². The minimum Gasteiger partial charge on any atom is -0.353 e. The predicted octanol–water partition coefficient (Wildman–Crippen LogP) is 0.857. The Kier molecular flexibility index (Phi) is 5.93. The lowest BCUT2D eigenvalue weighted by Crippen LogP contribution is -2.25. The lowest BCUT2D eigenvalue weighted by atomic mass is 10.4. The van der Waals surface area contributed by atoms with E-state index in [1.54, 1.807) is 0 Å². The Balaban J connectivity index is 3.06. The summed E-state index contributed by atoms with van der Waals surface area (Å²) in [5.41, 5.74) is 0. The van der Waals surface area contributed by atoms with Gasteiger partial charge < -0.3 is 5.32 Å². The molecule has 4 heteroatoms. The van der Waals surface area contributed by atoms with Gasteiger partial charge in [-0.3, -0.25) is 4.79 Å². The van der Waals surface area contributed by atoms with Crippen LogP contribution in [0.4, 0.5) is 4.39 Å². The topological polar surface area (TPSA) is 29.1 Å². The molecular formula is C5H9BrFNO. The predicted molar refractivity (Wildman–Crippen MR) is 37.4 cm³/mol. The van der Waals surface area contributed by atoms with Crippen LogP contribution in [0.3, 0.4) is 0 Å². The molecule has 0 saturated carbocycles. The van der Waals surface area contributed by atoms with Gasteiger partial charge in [-0.25, -0.2) is 4.39 Å². The largest absolute Gasteiger partial charge is 0.353 e. The van der Waals surface area contributed by atoms with Gasteiger partial charge in [0.2, 0.25) is 5.91 Å². The molecule has 0 radical (unpaired) electrons. The Morgan fingerprint density at radius 2 is 2.33 bits per heavy atom. The van der Waals surface area contributed by atoms with Gasteiger partial charge >= 0.3 is 0 Å². The van der Waals surface area contributed by atoms with E-state index in [9.17, 15) is 9.18 Å². The molecule has 0 aromatic carbocycles. The van der Waals surface area contributed by atoms with Crippen LogP contribution < -0.4 is 5.32 Å². The van der Waals surface area contributed by atoms with E-state index >= 15 is 0 Å². The number of carbonyl (C=O) groups excluding carboxylic acids is 1. The second-order valence-electron chi connectivity index (χ2n) is 1.48. The molecule has 0 spiro atoms. The molecule has 0 aliphatic heterocycles. The van der Waals surface area contributed by atoms with Crippen molar-refractivity contribution in [3.8, 4) is 0 Å². The molecule has 9 heavy (non-hydrogen) atoms. The molecule has 0 rings (SSSR count). The molecule has 1 amide bonds. The maximum Gasteiger partial charge on any atom is 0.220 e. The molecule has 0 saturated heterocycles. The molecule has 0 aromatic heterocycles. The van der Waals surface area contributed by atoms with Crippen LogP contribution in [-0.2, 0) is 4.79 Å². The molecule has 1 N–H and O–H groups in total. The third-order valence-electron chi connectivity index (χ3n) is 0.738. The smallest absolute Gasteiger partial charge is 0.220 e. The zero-order chi connectivity index (χ0) is 7.11. The van der Waals surface area contributed by atoms with E-state index < -0.39 is 6.67 Å². The lowest BCUT2D eigenvalue weighted by molar-refractivity contribution is -0.120. The first-order valence-corrected chi connectivity index (χ1v) is 3.82. The van der Waals surface area contributed by atoms with E-state index in [4.69, 9.17) is 0 Å². The van der Waals surface area contributed by atoms with Gasteiger partial charge in [-0.1, -0.05) is 15.9 Å². The summed E-state index contributed by atoms with van der Waals surface area (Å²) in [6, 6.07) is 0. The van der Waals surface area contributed by atoms with Gasteiger partial charge in [0.15, 0.2) is 0 Å². The number of alkyl halides is 2. The zero-order valence-corrected chi connectivity index (χ0v) is 6.58. The molecular weight excluding hydrogens is 189 g/mol. The quantitative estimate of drug-likeness (QED) is 0.666. The molecule has 0 aliphatic rings. The summed E-state index contributed by atoms with van der Waals surface area (Å²) >= 11 is 3.09. The lowest BCUT2D eigenvalue weighted by Gasteiger charge is -1.97. The first kappa shape index (κ1) is 8.88. The van der Waals surface area contributed by atoms with Crippen molar-refractivity contribution in [1.82, 2.24) is 5.32 Å². The van der Waals surface area contributed by atoms with E-state index in [1.807, 2.05) is 0 Å². The van der Waals surface area contributed by atoms with Crippen LogP contribution in [0.2, 0.25) is 0 Å². The van der Waals surface area contributed by atoms with Crippen molar-refractivity contribution < 1.29 is 9.18 Å². The highest BCUT2D eigenvalue weighted by molar-refractivity contribution is 9.09. The fourth-order valence-electron chi connectivity index (χ4n) is 0.361. The van der Waals surface area contributed by atoms with Crippen molar-refractivity contribution in [2.75, 3.05) is 18.5 Å². The van der Waals surface area contributed by atoms with Gasteiger partial charge in [0.25, 0.3) is 0 Å². The van der Waals surface area contributed by atoms with Crippen LogP contribution in [0, 0.1) is 0 Å². The second-order valence-corrected chi connectivity index (χ2v) is 2.27.